The Hall–Kier alpha value is -1.35. The highest BCUT2D eigenvalue weighted by Gasteiger charge is 1.94. The molecule has 0 unspecified atom stereocenters. The summed E-state index contributed by atoms with van der Waals surface area (Å²) < 4.78 is 4.92. The summed E-state index contributed by atoms with van der Waals surface area (Å²) in [5, 5.41) is 8.16. The topological polar surface area (TPSA) is 46.5 Å². The molecule has 0 aliphatic rings. The standard InChI is InChI=1S/C8H10.C6H12O3/c1-7-3-5-8(2)6-4-7;1-2-9-5-3-4-6(7)8/h3-6H,1-2H3;2-5H2,1H3,(H,7,8). The molecule has 0 fully saturated rings. The van der Waals surface area contributed by atoms with Crippen molar-refractivity contribution in [1.29, 1.82) is 0 Å². The fraction of sp³-hybridized carbons (Fsp3) is 0.500. The molecule has 1 N–H and O–H groups in total. The van der Waals surface area contributed by atoms with Crippen LogP contribution in [0.15, 0.2) is 24.3 Å². The van der Waals surface area contributed by atoms with Gasteiger partial charge in [-0.2, -0.15) is 0 Å². The highest BCUT2D eigenvalue weighted by Crippen LogP contribution is 1.99. The molecule has 0 radical (unpaired) electrons. The zero-order valence-corrected chi connectivity index (χ0v) is 10.9. The first kappa shape index (κ1) is 15.7. The van der Waals surface area contributed by atoms with Gasteiger partial charge in [-0.15, -0.1) is 0 Å². The van der Waals surface area contributed by atoms with Gasteiger partial charge in [0, 0.05) is 19.6 Å². The van der Waals surface area contributed by atoms with Crippen molar-refractivity contribution in [1.82, 2.24) is 0 Å². The van der Waals surface area contributed by atoms with Crippen LogP contribution in [-0.4, -0.2) is 24.3 Å². The van der Waals surface area contributed by atoms with E-state index in [1.54, 1.807) is 0 Å². The molecule has 1 aromatic carbocycles. The molecule has 1 aromatic rings. The van der Waals surface area contributed by atoms with Gasteiger partial charge in [-0.25, -0.2) is 0 Å². The summed E-state index contributed by atoms with van der Waals surface area (Å²) in [6, 6.07) is 8.48. The minimum atomic E-state index is -0.755. The average Bonchev–Trinajstić information content (AvgIpc) is 2.29. The van der Waals surface area contributed by atoms with E-state index in [4.69, 9.17) is 9.84 Å². The van der Waals surface area contributed by atoms with Crippen LogP contribution in [0, 0.1) is 13.8 Å². The quantitative estimate of drug-likeness (QED) is 0.801. The number of rotatable bonds is 5. The maximum absolute atomic E-state index is 9.91. The first-order valence-electron chi connectivity index (χ1n) is 5.89. The smallest absolute Gasteiger partial charge is 0.303 e. The number of aliphatic carboxylic acids is 1. The number of aryl methyl sites for hydroxylation is 2. The monoisotopic (exact) mass is 238 g/mol. The summed E-state index contributed by atoms with van der Waals surface area (Å²) in [6.07, 6.45) is 0.823. The molecular formula is C14H22O3. The van der Waals surface area contributed by atoms with Gasteiger partial charge in [0.15, 0.2) is 0 Å². The van der Waals surface area contributed by atoms with Gasteiger partial charge >= 0.3 is 5.97 Å². The Bertz CT molecular complexity index is 283. The Morgan fingerprint density at radius 1 is 1.18 bits per heavy atom. The number of carboxylic acids is 1. The average molecular weight is 238 g/mol. The van der Waals surface area contributed by atoms with Gasteiger partial charge in [0.05, 0.1) is 0 Å². The fourth-order valence-corrected chi connectivity index (χ4v) is 1.11. The van der Waals surface area contributed by atoms with E-state index in [-0.39, 0.29) is 6.42 Å². The van der Waals surface area contributed by atoms with E-state index in [1.165, 1.54) is 11.1 Å². The fourth-order valence-electron chi connectivity index (χ4n) is 1.11. The molecule has 0 heterocycles. The predicted octanol–water partition coefficient (Wildman–Crippen LogP) is 3.19. The van der Waals surface area contributed by atoms with E-state index in [0.717, 1.165) is 0 Å². The summed E-state index contributed by atoms with van der Waals surface area (Å²) in [7, 11) is 0. The lowest BCUT2D eigenvalue weighted by molar-refractivity contribution is -0.137. The van der Waals surface area contributed by atoms with Gasteiger partial charge in [-0.05, 0) is 27.2 Å². The normalized spacial score (nSPS) is 9.35. The maximum Gasteiger partial charge on any atom is 0.303 e. The Morgan fingerprint density at radius 2 is 1.65 bits per heavy atom. The van der Waals surface area contributed by atoms with Crippen LogP contribution in [0.2, 0.25) is 0 Å². The summed E-state index contributed by atoms with van der Waals surface area (Å²) in [5.74, 6) is -0.755. The van der Waals surface area contributed by atoms with Crippen LogP contribution in [0.1, 0.15) is 30.9 Å². The van der Waals surface area contributed by atoms with Crippen molar-refractivity contribution < 1.29 is 14.6 Å². The number of benzene rings is 1. The Morgan fingerprint density at radius 3 is 2.00 bits per heavy atom. The van der Waals surface area contributed by atoms with Gasteiger partial charge in [0.1, 0.15) is 0 Å². The number of hydrogen-bond donors (Lipinski definition) is 1. The lowest BCUT2D eigenvalue weighted by Gasteiger charge is -1.96. The Labute approximate surface area is 103 Å². The second-order valence-electron chi connectivity index (χ2n) is 3.85. The number of carboxylic acid groups (broad SMARTS) is 1. The third-order valence-electron chi connectivity index (χ3n) is 2.10. The second kappa shape index (κ2) is 9.85. The predicted molar refractivity (Wildman–Crippen MR) is 69.3 cm³/mol. The molecule has 0 atom stereocenters. The van der Waals surface area contributed by atoms with Crippen molar-refractivity contribution in [3.63, 3.8) is 0 Å². The minimum absolute atomic E-state index is 0.208. The number of ether oxygens (including phenoxy) is 1. The van der Waals surface area contributed by atoms with Crippen LogP contribution in [0.4, 0.5) is 0 Å². The molecule has 3 nitrogen and oxygen atoms in total. The summed E-state index contributed by atoms with van der Waals surface area (Å²) >= 11 is 0. The Kier molecular flexibility index (Phi) is 9.06. The molecule has 0 saturated heterocycles. The van der Waals surface area contributed by atoms with Crippen LogP contribution in [0.5, 0.6) is 0 Å². The third-order valence-corrected chi connectivity index (χ3v) is 2.10. The maximum atomic E-state index is 9.91. The molecule has 17 heavy (non-hydrogen) atoms. The van der Waals surface area contributed by atoms with Crippen LogP contribution in [0.3, 0.4) is 0 Å². The van der Waals surface area contributed by atoms with Crippen molar-refractivity contribution >= 4 is 5.97 Å². The summed E-state index contributed by atoms with van der Waals surface area (Å²) in [4.78, 5) is 9.91. The number of carbonyl (C=O) groups is 1. The van der Waals surface area contributed by atoms with Crippen LogP contribution >= 0.6 is 0 Å². The molecule has 0 aliphatic heterocycles. The zero-order chi connectivity index (χ0) is 13.1. The molecule has 96 valence electrons. The van der Waals surface area contributed by atoms with Gasteiger partial charge in [-0.1, -0.05) is 35.4 Å². The number of hydrogen-bond acceptors (Lipinski definition) is 2. The molecule has 0 bridgehead atoms. The molecule has 0 amide bonds. The van der Waals surface area contributed by atoms with Crippen LogP contribution in [-0.2, 0) is 9.53 Å². The van der Waals surface area contributed by atoms with Crippen molar-refractivity contribution in [3.05, 3.63) is 35.4 Å². The molecule has 1 rings (SSSR count). The van der Waals surface area contributed by atoms with Crippen LogP contribution < -0.4 is 0 Å². The lowest BCUT2D eigenvalue weighted by atomic mass is 10.2. The molecule has 0 aromatic heterocycles. The van der Waals surface area contributed by atoms with Crippen LogP contribution in [0.25, 0.3) is 0 Å². The van der Waals surface area contributed by atoms with Gasteiger partial charge in [-0.3, -0.25) is 4.79 Å². The highest BCUT2D eigenvalue weighted by atomic mass is 16.5. The van der Waals surface area contributed by atoms with E-state index >= 15 is 0 Å². The largest absolute Gasteiger partial charge is 0.481 e. The highest BCUT2D eigenvalue weighted by molar-refractivity contribution is 5.66. The molecule has 3 heteroatoms. The SMILES string of the molecule is CCOCCCC(=O)O.Cc1ccc(C)cc1. The van der Waals surface area contributed by atoms with E-state index in [2.05, 4.69) is 38.1 Å². The van der Waals surface area contributed by atoms with E-state index in [1.807, 2.05) is 6.92 Å². The van der Waals surface area contributed by atoms with Crippen molar-refractivity contribution in [2.75, 3.05) is 13.2 Å². The molecule has 0 saturated carbocycles. The summed E-state index contributed by atoms with van der Waals surface area (Å²) in [5.41, 5.74) is 2.66. The second-order valence-corrected chi connectivity index (χ2v) is 3.85. The van der Waals surface area contributed by atoms with E-state index in [9.17, 15) is 4.79 Å². The van der Waals surface area contributed by atoms with E-state index < -0.39 is 5.97 Å². The summed E-state index contributed by atoms with van der Waals surface area (Å²) in [6.45, 7) is 7.31. The lowest BCUT2D eigenvalue weighted by Crippen LogP contribution is -1.99. The van der Waals surface area contributed by atoms with Crippen molar-refractivity contribution in [2.24, 2.45) is 0 Å². The molecule has 0 aliphatic carbocycles. The Balaban J connectivity index is 0.000000302. The first-order valence-corrected chi connectivity index (χ1v) is 5.89. The van der Waals surface area contributed by atoms with Gasteiger partial charge in [0.2, 0.25) is 0 Å². The van der Waals surface area contributed by atoms with Gasteiger partial charge < -0.3 is 9.84 Å². The minimum Gasteiger partial charge on any atom is -0.481 e. The molecular weight excluding hydrogens is 216 g/mol. The first-order chi connectivity index (χ1) is 8.06. The van der Waals surface area contributed by atoms with Crippen molar-refractivity contribution in [3.8, 4) is 0 Å². The zero-order valence-electron chi connectivity index (χ0n) is 10.9. The van der Waals surface area contributed by atoms with Crippen molar-refractivity contribution in [2.45, 2.75) is 33.6 Å². The molecule has 0 spiro atoms. The van der Waals surface area contributed by atoms with E-state index in [0.29, 0.717) is 19.6 Å². The van der Waals surface area contributed by atoms with Gasteiger partial charge in [0.25, 0.3) is 0 Å². The third kappa shape index (κ3) is 10.9.